The number of hydrogen-bond donors (Lipinski definition) is 0. The van der Waals surface area contributed by atoms with E-state index in [-0.39, 0.29) is 53.0 Å². The number of benzene rings is 3. The molecule has 3 aromatic carbocycles. The molecule has 2 aliphatic rings. The van der Waals surface area contributed by atoms with Gasteiger partial charge in [-0.15, -0.1) is 0 Å². The van der Waals surface area contributed by atoms with E-state index in [4.69, 9.17) is 18.9 Å². The molecule has 2 fully saturated rings. The maximum absolute atomic E-state index is 13.0. The highest BCUT2D eigenvalue weighted by Crippen LogP contribution is 2.32. The SMILES string of the molecule is CCCc1ccc(CCC(=O)OC2CCC(C(=O)Oc3ccc(OC(=O)C4CCC(OC(=O)CCc5ccc(CCC)cc5)CC4)c(C=O)c3)CC2)cc1. The summed E-state index contributed by atoms with van der Waals surface area (Å²) in [6, 6.07) is 21.1. The Morgan fingerprint density at radius 2 is 0.963 bits per heavy atom. The van der Waals surface area contributed by atoms with Crippen molar-refractivity contribution in [3.8, 4) is 11.5 Å². The number of carbonyl (C=O) groups is 5. The molecule has 0 spiro atoms. The van der Waals surface area contributed by atoms with Gasteiger partial charge in [0.1, 0.15) is 23.7 Å². The van der Waals surface area contributed by atoms with Gasteiger partial charge in [-0.25, -0.2) is 0 Å². The quantitative estimate of drug-likeness (QED) is 0.0761. The summed E-state index contributed by atoms with van der Waals surface area (Å²) in [5.74, 6) is -1.77. The van der Waals surface area contributed by atoms with Crippen molar-refractivity contribution >= 4 is 30.2 Å². The molecule has 0 radical (unpaired) electrons. The van der Waals surface area contributed by atoms with Gasteiger partial charge in [-0.2, -0.15) is 0 Å². The minimum Gasteiger partial charge on any atom is -0.462 e. The summed E-state index contributed by atoms with van der Waals surface area (Å²) < 4.78 is 22.6. The van der Waals surface area contributed by atoms with Crippen molar-refractivity contribution < 1.29 is 42.9 Å². The minimum absolute atomic E-state index is 0.0990. The predicted molar refractivity (Wildman–Crippen MR) is 204 cm³/mol. The van der Waals surface area contributed by atoms with Gasteiger partial charge < -0.3 is 18.9 Å². The Morgan fingerprint density at radius 3 is 1.37 bits per heavy atom. The lowest BCUT2D eigenvalue weighted by Crippen LogP contribution is -2.30. The van der Waals surface area contributed by atoms with Crippen molar-refractivity contribution in [2.45, 2.75) is 129 Å². The van der Waals surface area contributed by atoms with Crippen molar-refractivity contribution in [2.75, 3.05) is 0 Å². The highest BCUT2D eigenvalue weighted by Gasteiger charge is 2.31. The number of ether oxygens (including phenoxy) is 4. The molecule has 0 N–H and O–H groups in total. The normalized spacial score (nSPS) is 19.7. The number of carbonyl (C=O) groups excluding carboxylic acids is 5. The molecule has 2 aliphatic carbocycles. The highest BCUT2D eigenvalue weighted by atomic mass is 16.6. The standard InChI is InChI=1S/C45H54O9/c1-3-5-31-7-11-33(12-8-31)15-27-42(47)51-38-21-17-35(18-22-38)44(49)53-40-25-26-41(37(29-40)30-46)54-45(50)36-19-23-39(24-20-36)52-43(48)28-16-34-13-9-32(6-4-2)10-14-34/h7-14,25-26,29-30,35-36,38-39H,3-6,15-24,27-28H2,1-2H3. The van der Waals surface area contributed by atoms with E-state index in [1.807, 2.05) is 0 Å². The Labute approximate surface area is 319 Å². The number of hydrogen-bond acceptors (Lipinski definition) is 9. The Bertz CT molecular complexity index is 1700. The average molecular weight is 739 g/mol. The van der Waals surface area contributed by atoms with Gasteiger partial charge in [-0.05, 0) is 118 Å². The summed E-state index contributed by atoms with van der Waals surface area (Å²) in [7, 11) is 0. The summed E-state index contributed by atoms with van der Waals surface area (Å²) in [5, 5.41) is 0. The van der Waals surface area contributed by atoms with Crippen LogP contribution >= 0.6 is 0 Å². The topological polar surface area (TPSA) is 122 Å². The molecular formula is C45H54O9. The Balaban J connectivity index is 0.992. The van der Waals surface area contributed by atoms with Gasteiger partial charge in [0.15, 0.2) is 6.29 Å². The first kappa shape index (κ1) is 40.4. The molecule has 288 valence electrons. The number of aldehydes is 1. The van der Waals surface area contributed by atoms with Crippen LogP contribution in [0.5, 0.6) is 11.5 Å². The fourth-order valence-electron chi connectivity index (χ4n) is 7.30. The van der Waals surface area contributed by atoms with Gasteiger partial charge in [0, 0.05) is 12.8 Å². The molecule has 0 heterocycles. The highest BCUT2D eigenvalue weighted by molar-refractivity contribution is 5.84. The number of esters is 4. The van der Waals surface area contributed by atoms with E-state index in [0.717, 1.165) is 36.8 Å². The number of rotatable bonds is 17. The zero-order valence-corrected chi connectivity index (χ0v) is 31.7. The van der Waals surface area contributed by atoms with Gasteiger partial charge >= 0.3 is 23.9 Å². The Kier molecular flexibility index (Phi) is 15.4. The number of aryl methyl sites for hydroxylation is 4. The smallest absolute Gasteiger partial charge is 0.314 e. The molecular weight excluding hydrogens is 684 g/mol. The fraction of sp³-hybridized carbons (Fsp3) is 0.489. The second-order valence-corrected chi connectivity index (χ2v) is 14.7. The van der Waals surface area contributed by atoms with Crippen molar-refractivity contribution in [1.82, 2.24) is 0 Å². The molecule has 0 unspecified atom stereocenters. The summed E-state index contributed by atoms with van der Waals surface area (Å²) in [6.45, 7) is 4.30. The minimum atomic E-state index is -0.447. The van der Waals surface area contributed by atoms with E-state index in [0.29, 0.717) is 83.3 Å². The average Bonchev–Trinajstić information content (AvgIpc) is 3.18. The third kappa shape index (κ3) is 12.4. The van der Waals surface area contributed by atoms with Crippen LogP contribution in [-0.2, 0) is 54.3 Å². The molecule has 0 saturated heterocycles. The first-order valence-corrected chi connectivity index (χ1v) is 19.8. The summed E-state index contributed by atoms with van der Waals surface area (Å²) in [5.41, 5.74) is 4.90. The molecule has 0 aromatic heterocycles. The van der Waals surface area contributed by atoms with E-state index in [1.54, 1.807) is 0 Å². The fourth-order valence-corrected chi connectivity index (χ4v) is 7.30. The Hall–Kier alpha value is -4.79. The molecule has 5 rings (SSSR count). The van der Waals surface area contributed by atoms with Crippen LogP contribution in [0.25, 0.3) is 0 Å². The van der Waals surface area contributed by atoms with Crippen LogP contribution in [0.3, 0.4) is 0 Å². The van der Waals surface area contributed by atoms with Gasteiger partial charge in [0.2, 0.25) is 0 Å². The lowest BCUT2D eigenvalue weighted by atomic mass is 9.87. The maximum Gasteiger partial charge on any atom is 0.314 e. The molecule has 9 heteroatoms. The van der Waals surface area contributed by atoms with Gasteiger partial charge in [0.05, 0.1) is 17.4 Å². The molecule has 0 amide bonds. The van der Waals surface area contributed by atoms with Crippen LogP contribution in [0.15, 0.2) is 66.7 Å². The zero-order chi connectivity index (χ0) is 38.3. The third-order valence-electron chi connectivity index (χ3n) is 10.5. The molecule has 54 heavy (non-hydrogen) atoms. The van der Waals surface area contributed by atoms with Crippen LogP contribution in [-0.4, -0.2) is 42.4 Å². The van der Waals surface area contributed by atoms with Crippen LogP contribution < -0.4 is 9.47 Å². The summed E-state index contributed by atoms with van der Waals surface area (Å²) in [6.07, 6.45) is 10.6. The second kappa shape index (κ2) is 20.6. The third-order valence-corrected chi connectivity index (χ3v) is 10.5. The summed E-state index contributed by atoms with van der Waals surface area (Å²) >= 11 is 0. The van der Waals surface area contributed by atoms with E-state index in [2.05, 4.69) is 62.4 Å². The maximum atomic E-state index is 13.0. The molecule has 3 aromatic rings. The Morgan fingerprint density at radius 1 is 0.556 bits per heavy atom. The van der Waals surface area contributed by atoms with Crippen LogP contribution in [0.4, 0.5) is 0 Å². The van der Waals surface area contributed by atoms with E-state index in [9.17, 15) is 24.0 Å². The van der Waals surface area contributed by atoms with Crippen molar-refractivity contribution in [3.63, 3.8) is 0 Å². The second-order valence-electron chi connectivity index (χ2n) is 14.7. The first-order valence-electron chi connectivity index (χ1n) is 19.8. The lowest BCUT2D eigenvalue weighted by Gasteiger charge is -2.27. The largest absolute Gasteiger partial charge is 0.462 e. The van der Waals surface area contributed by atoms with E-state index in [1.165, 1.54) is 29.3 Å². The molecule has 0 atom stereocenters. The molecule has 0 aliphatic heterocycles. The van der Waals surface area contributed by atoms with Gasteiger partial charge in [-0.3, -0.25) is 24.0 Å². The van der Waals surface area contributed by atoms with Crippen LogP contribution in [0, 0.1) is 11.8 Å². The monoisotopic (exact) mass is 738 g/mol. The molecule has 0 bridgehead atoms. The van der Waals surface area contributed by atoms with Crippen molar-refractivity contribution in [1.29, 1.82) is 0 Å². The van der Waals surface area contributed by atoms with Crippen LogP contribution in [0.1, 0.15) is 124 Å². The van der Waals surface area contributed by atoms with Crippen LogP contribution in [0.2, 0.25) is 0 Å². The van der Waals surface area contributed by atoms with Crippen molar-refractivity contribution in [2.24, 2.45) is 11.8 Å². The van der Waals surface area contributed by atoms with Gasteiger partial charge in [0.25, 0.3) is 0 Å². The summed E-state index contributed by atoms with van der Waals surface area (Å²) in [4.78, 5) is 62.9. The zero-order valence-electron chi connectivity index (χ0n) is 31.7. The van der Waals surface area contributed by atoms with E-state index >= 15 is 0 Å². The first-order chi connectivity index (χ1) is 26.2. The lowest BCUT2D eigenvalue weighted by molar-refractivity contribution is -0.153. The molecule has 2 saturated carbocycles. The van der Waals surface area contributed by atoms with Gasteiger partial charge in [-0.1, -0.05) is 75.2 Å². The molecule has 9 nitrogen and oxygen atoms in total. The predicted octanol–water partition coefficient (Wildman–Crippen LogP) is 8.68. The van der Waals surface area contributed by atoms with Crippen molar-refractivity contribution in [3.05, 3.63) is 94.5 Å². The van der Waals surface area contributed by atoms with E-state index < -0.39 is 11.9 Å².